The summed E-state index contributed by atoms with van der Waals surface area (Å²) in [4.78, 5) is 20.7. The van der Waals surface area contributed by atoms with Gasteiger partial charge in [0.1, 0.15) is 5.76 Å². The van der Waals surface area contributed by atoms with E-state index >= 15 is 0 Å². The molecule has 0 spiro atoms. The second kappa shape index (κ2) is 6.45. The van der Waals surface area contributed by atoms with E-state index in [0.29, 0.717) is 6.54 Å². The van der Waals surface area contributed by atoms with Crippen molar-refractivity contribution in [1.82, 2.24) is 14.5 Å². The van der Waals surface area contributed by atoms with E-state index in [9.17, 15) is 4.79 Å². The maximum Gasteiger partial charge on any atom is 0.419 e. The van der Waals surface area contributed by atoms with Gasteiger partial charge in [0.25, 0.3) is 0 Å². The Balaban J connectivity index is 1.88. The largest absolute Gasteiger partial charge is 0.419 e. The van der Waals surface area contributed by atoms with Crippen molar-refractivity contribution in [1.29, 1.82) is 0 Å². The van der Waals surface area contributed by atoms with Crippen LogP contribution in [0.1, 0.15) is 5.69 Å². The van der Waals surface area contributed by atoms with E-state index in [0.717, 1.165) is 22.3 Å². The van der Waals surface area contributed by atoms with Gasteiger partial charge in [0.2, 0.25) is 0 Å². The van der Waals surface area contributed by atoms with Crippen LogP contribution < -0.4 is 4.90 Å². The monoisotopic (exact) mass is 322 g/mol. The topological polar surface area (TPSA) is 63.1 Å². The van der Waals surface area contributed by atoms with Crippen LogP contribution in [0.15, 0.2) is 68.0 Å². The molecule has 0 radical (unpaired) electrons. The molecule has 24 heavy (non-hydrogen) atoms. The number of carbonyl (C=O) groups excluding carboxylic acids is 1. The number of benzene rings is 1. The van der Waals surface area contributed by atoms with Crippen molar-refractivity contribution >= 4 is 22.7 Å². The molecule has 0 saturated carbocycles. The summed E-state index contributed by atoms with van der Waals surface area (Å²) in [6, 6.07) is 7.83. The highest BCUT2D eigenvalue weighted by atomic mass is 16.6. The van der Waals surface area contributed by atoms with Gasteiger partial charge in [-0.15, -0.1) is 0 Å². The number of carbonyl (C=O) groups is 1. The summed E-state index contributed by atoms with van der Waals surface area (Å²) in [6.07, 6.45) is 6.34. The van der Waals surface area contributed by atoms with Crippen LogP contribution in [0.3, 0.4) is 0 Å². The van der Waals surface area contributed by atoms with Crippen LogP contribution in [0.5, 0.6) is 0 Å². The number of rotatable bonds is 5. The molecule has 1 aromatic carbocycles. The van der Waals surface area contributed by atoms with Crippen molar-refractivity contribution < 1.29 is 9.53 Å². The average Bonchev–Trinajstić information content (AvgIpc) is 3.24. The Morgan fingerprint density at radius 2 is 2.29 bits per heavy atom. The third kappa shape index (κ3) is 3.08. The highest BCUT2D eigenvalue weighted by molar-refractivity contribution is 5.92. The molecule has 2 aromatic heterocycles. The number of aromatic amines is 1. The van der Waals surface area contributed by atoms with E-state index in [4.69, 9.17) is 4.74 Å². The molecular weight excluding hydrogens is 304 g/mol. The highest BCUT2D eigenvalue weighted by Gasteiger charge is 2.14. The first-order valence-electron chi connectivity index (χ1n) is 7.41. The molecule has 122 valence electrons. The van der Waals surface area contributed by atoms with E-state index in [-0.39, 0.29) is 5.76 Å². The number of nitrogens with one attached hydrogen (secondary N) is 1. The lowest BCUT2D eigenvalue weighted by atomic mass is 10.2. The van der Waals surface area contributed by atoms with Crippen molar-refractivity contribution in [3.63, 3.8) is 0 Å². The molecule has 6 heteroatoms. The maximum atomic E-state index is 12.1. The summed E-state index contributed by atoms with van der Waals surface area (Å²) in [5.41, 5.74) is 2.76. The van der Waals surface area contributed by atoms with E-state index in [2.05, 4.69) is 27.7 Å². The van der Waals surface area contributed by atoms with Crippen LogP contribution in [-0.4, -0.2) is 27.7 Å². The minimum Gasteiger partial charge on any atom is -0.411 e. The smallest absolute Gasteiger partial charge is 0.411 e. The Bertz CT molecular complexity index is 893. The maximum absolute atomic E-state index is 12.1. The van der Waals surface area contributed by atoms with Gasteiger partial charge in [-0.2, -0.15) is 0 Å². The Morgan fingerprint density at radius 1 is 1.46 bits per heavy atom. The van der Waals surface area contributed by atoms with Gasteiger partial charge in [0.05, 0.1) is 24.1 Å². The predicted molar refractivity (Wildman–Crippen MR) is 93.8 cm³/mol. The van der Waals surface area contributed by atoms with Gasteiger partial charge < -0.3 is 14.3 Å². The van der Waals surface area contributed by atoms with Gasteiger partial charge in [0, 0.05) is 25.1 Å². The number of imidazole rings is 1. The van der Waals surface area contributed by atoms with Gasteiger partial charge in [-0.05, 0) is 29.7 Å². The van der Waals surface area contributed by atoms with E-state index in [1.165, 1.54) is 11.0 Å². The van der Waals surface area contributed by atoms with Gasteiger partial charge >= 0.3 is 6.09 Å². The lowest BCUT2D eigenvalue weighted by Crippen LogP contribution is -2.26. The molecular formula is C18H18N4O2. The molecule has 0 aliphatic rings. The first kappa shape index (κ1) is 15.6. The zero-order valence-corrected chi connectivity index (χ0v) is 13.4. The first-order chi connectivity index (χ1) is 11.6. The summed E-state index contributed by atoms with van der Waals surface area (Å²) in [7, 11) is 1.65. The summed E-state index contributed by atoms with van der Waals surface area (Å²) >= 11 is 0. The molecule has 0 unspecified atom stereocenters. The summed E-state index contributed by atoms with van der Waals surface area (Å²) in [5, 5.41) is 1.09. The molecule has 3 aromatic rings. The number of anilines is 1. The third-order valence-electron chi connectivity index (χ3n) is 3.76. The van der Waals surface area contributed by atoms with Crippen LogP contribution >= 0.6 is 0 Å². The third-order valence-corrected chi connectivity index (χ3v) is 3.76. The summed E-state index contributed by atoms with van der Waals surface area (Å²) in [5.74, 6) is 0.218. The van der Waals surface area contributed by atoms with Crippen molar-refractivity contribution in [3.05, 3.63) is 73.7 Å². The number of allylic oxidation sites excluding steroid dienone is 1. The molecule has 0 aliphatic heterocycles. The van der Waals surface area contributed by atoms with Crippen LogP contribution in [0.2, 0.25) is 0 Å². The Hall–Kier alpha value is -3.28. The Kier molecular flexibility index (Phi) is 4.20. The second-order valence-electron chi connectivity index (χ2n) is 5.36. The number of H-pyrrole nitrogens is 1. The van der Waals surface area contributed by atoms with Crippen molar-refractivity contribution in [2.24, 2.45) is 0 Å². The summed E-state index contributed by atoms with van der Waals surface area (Å²) < 4.78 is 7.17. The van der Waals surface area contributed by atoms with E-state index in [1.807, 2.05) is 30.5 Å². The number of amides is 1. The number of hydrogen-bond donors (Lipinski definition) is 1. The van der Waals surface area contributed by atoms with Crippen molar-refractivity contribution in [3.8, 4) is 0 Å². The average molecular weight is 322 g/mol. The number of nitrogens with zero attached hydrogens (tertiary/aromatic N) is 3. The highest BCUT2D eigenvalue weighted by Crippen LogP contribution is 2.24. The van der Waals surface area contributed by atoms with Gasteiger partial charge in [-0.1, -0.05) is 19.2 Å². The second-order valence-corrected chi connectivity index (χ2v) is 5.36. The standard InChI is InChI=1S/C18H18N4O2/c1-4-13(2)24-18(23)21(3)16-6-5-14-7-8-22(17(14)9-16)11-15-10-19-12-20-15/h4-10,12H,1-2,11H2,3H3,(H,19,20). The van der Waals surface area contributed by atoms with Crippen molar-refractivity contribution in [2.45, 2.75) is 6.54 Å². The fourth-order valence-electron chi connectivity index (χ4n) is 2.40. The van der Waals surface area contributed by atoms with Crippen LogP contribution in [0.25, 0.3) is 10.9 Å². The van der Waals surface area contributed by atoms with E-state index < -0.39 is 6.09 Å². The van der Waals surface area contributed by atoms with Crippen LogP contribution in [-0.2, 0) is 11.3 Å². The van der Waals surface area contributed by atoms with E-state index in [1.54, 1.807) is 19.6 Å². The molecule has 0 bridgehead atoms. The van der Waals surface area contributed by atoms with Gasteiger partial charge in [-0.25, -0.2) is 9.78 Å². The lowest BCUT2D eigenvalue weighted by molar-refractivity contribution is 0.188. The lowest BCUT2D eigenvalue weighted by Gasteiger charge is -2.17. The molecule has 1 amide bonds. The fourth-order valence-corrected chi connectivity index (χ4v) is 2.40. The zero-order valence-electron chi connectivity index (χ0n) is 13.4. The molecule has 0 aliphatic carbocycles. The first-order valence-corrected chi connectivity index (χ1v) is 7.41. The molecule has 0 atom stereocenters. The molecule has 0 fully saturated rings. The molecule has 1 N–H and O–H groups in total. The molecule has 2 heterocycles. The fraction of sp³-hybridized carbons (Fsp3) is 0.111. The SMILES string of the molecule is C=CC(=C)OC(=O)N(C)c1ccc2ccn(Cc3cnc[nH]3)c2c1. The quantitative estimate of drug-likeness (QED) is 0.575. The zero-order chi connectivity index (χ0) is 17.1. The molecule has 0 saturated heterocycles. The van der Waals surface area contributed by atoms with Crippen molar-refractivity contribution in [2.75, 3.05) is 11.9 Å². The Labute approximate surface area is 139 Å². The van der Waals surface area contributed by atoms with Crippen LogP contribution in [0, 0.1) is 0 Å². The predicted octanol–water partition coefficient (Wildman–Crippen LogP) is 3.69. The number of hydrogen-bond acceptors (Lipinski definition) is 3. The number of fused-ring (bicyclic) bond motifs is 1. The minimum absolute atomic E-state index is 0.218. The number of ether oxygens (including phenoxy) is 1. The minimum atomic E-state index is -0.508. The molecule has 6 nitrogen and oxygen atoms in total. The van der Waals surface area contributed by atoms with Crippen LogP contribution in [0.4, 0.5) is 10.5 Å². The van der Waals surface area contributed by atoms with Gasteiger partial charge in [-0.3, -0.25) is 4.90 Å². The Morgan fingerprint density at radius 3 is 3.00 bits per heavy atom. The number of aromatic nitrogens is 3. The summed E-state index contributed by atoms with van der Waals surface area (Å²) in [6.45, 7) is 7.78. The normalized spacial score (nSPS) is 10.5. The van der Waals surface area contributed by atoms with Gasteiger partial charge in [0.15, 0.2) is 0 Å². The molecule has 3 rings (SSSR count).